The lowest BCUT2D eigenvalue weighted by Crippen LogP contribution is -2.49. The number of ether oxygens (including phenoxy) is 1. The standard InChI is InChI=1S/C17H27N3O2/c1-14(2)12-16(20-8-10-22-11-9-20)13-18-17(21)19-15-6-4-3-5-7-15/h3-7,14,16H,8-13H2,1-2H3,(H2,18,19,21)/t16-/m0/s1. The van der Waals surface area contributed by atoms with Gasteiger partial charge in [0.05, 0.1) is 13.2 Å². The SMILES string of the molecule is CC(C)C[C@@H](CNC(=O)Nc1ccccc1)N1CCOCC1. The molecule has 1 aromatic carbocycles. The van der Waals surface area contributed by atoms with Gasteiger partial charge in [-0.25, -0.2) is 4.79 Å². The van der Waals surface area contributed by atoms with E-state index in [1.54, 1.807) is 0 Å². The Hall–Kier alpha value is -1.59. The zero-order valence-electron chi connectivity index (χ0n) is 13.5. The van der Waals surface area contributed by atoms with Crippen LogP contribution in [-0.2, 0) is 4.74 Å². The number of carbonyl (C=O) groups excluding carboxylic acids is 1. The van der Waals surface area contributed by atoms with Crippen LogP contribution < -0.4 is 10.6 Å². The zero-order chi connectivity index (χ0) is 15.8. The molecule has 22 heavy (non-hydrogen) atoms. The number of anilines is 1. The first-order valence-electron chi connectivity index (χ1n) is 8.07. The van der Waals surface area contributed by atoms with Gasteiger partial charge in [0.15, 0.2) is 0 Å². The molecule has 1 fully saturated rings. The minimum Gasteiger partial charge on any atom is -0.379 e. The lowest BCUT2D eigenvalue weighted by Gasteiger charge is -2.35. The van der Waals surface area contributed by atoms with Gasteiger partial charge < -0.3 is 15.4 Å². The molecule has 1 atom stereocenters. The van der Waals surface area contributed by atoms with Gasteiger partial charge in [-0.2, -0.15) is 0 Å². The molecule has 0 bridgehead atoms. The van der Waals surface area contributed by atoms with Gasteiger partial charge in [-0.3, -0.25) is 4.90 Å². The smallest absolute Gasteiger partial charge is 0.319 e. The number of carbonyl (C=O) groups is 1. The summed E-state index contributed by atoms with van der Waals surface area (Å²) in [4.78, 5) is 14.4. The fourth-order valence-corrected chi connectivity index (χ4v) is 2.76. The Morgan fingerprint density at radius 1 is 1.23 bits per heavy atom. The molecule has 0 aromatic heterocycles. The summed E-state index contributed by atoms with van der Waals surface area (Å²) in [6, 6.07) is 9.73. The molecule has 0 spiro atoms. The molecule has 1 aliphatic heterocycles. The van der Waals surface area contributed by atoms with Crippen LogP contribution in [0.4, 0.5) is 10.5 Å². The summed E-state index contributed by atoms with van der Waals surface area (Å²) >= 11 is 0. The normalized spacial score (nSPS) is 17.2. The minimum atomic E-state index is -0.145. The van der Waals surface area contributed by atoms with Crippen molar-refractivity contribution in [3.8, 4) is 0 Å². The lowest BCUT2D eigenvalue weighted by molar-refractivity contribution is 0.0130. The molecule has 1 aromatic rings. The van der Waals surface area contributed by atoms with Crippen molar-refractivity contribution in [2.24, 2.45) is 5.92 Å². The summed E-state index contributed by atoms with van der Waals surface area (Å²) in [5, 5.41) is 5.86. The average Bonchev–Trinajstić information content (AvgIpc) is 2.53. The Morgan fingerprint density at radius 2 is 1.91 bits per heavy atom. The number of para-hydroxylation sites is 1. The van der Waals surface area contributed by atoms with E-state index in [1.807, 2.05) is 30.3 Å². The van der Waals surface area contributed by atoms with E-state index < -0.39 is 0 Å². The molecular formula is C17H27N3O2. The number of hydrogen-bond donors (Lipinski definition) is 2. The molecule has 5 heteroatoms. The van der Waals surface area contributed by atoms with Gasteiger partial charge in [-0.15, -0.1) is 0 Å². The van der Waals surface area contributed by atoms with Crippen molar-refractivity contribution in [2.75, 3.05) is 38.2 Å². The molecule has 2 rings (SSSR count). The van der Waals surface area contributed by atoms with E-state index in [-0.39, 0.29) is 6.03 Å². The zero-order valence-corrected chi connectivity index (χ0v) is 13.5. The van der Waals surface area contributed by atoms with Crippen molar-refractivity contribution in [1.29, 1.82) is 0 Å². The second kappa shape index (κ2) is 8.76. The van der Waals surface area contributed by atoms with Crippen molar-refractivity contribution in [2.45, 2.75) is 26.3 Å². The maximum Gasteiger partial charge on any atom is 0.319 e. The van der Waals surface area contributed by atoms with Crippen LogP contribution in [0.5, 0.6) is 0 Å². The summed E-state index contributed by atoms with van der Waals surface area (Å²) in [7, 11) is 0. The second-order valence-electron chi connectivity index (χ2n) is 6.13. The van der Waals surface area contributed by atoms with Crippen molar-refractivity contribution in [3.63, 3.8) is 0 Å². The van der Waals surface area contributed by atoms with E-state index in [0.29, 0.717) is 18.5 Å². The first-order chi connectivity index (χ1) is 10.6. The highest BCUT2D eigenvalue weighted by Crippen LogP contribution is 2.13. The van der Waals surface area contributed by atoms with Crippen LogP contribution in [-0.4, -0.2) is 49.8 Å². The van der Waals surface area contributed by atoms with Crippen molar-refractivity contribution < 1.29 is 9.53 Å². The van der Waals surface area contributed by atoms with Crippen molar-refractivity contribution in [1.82, 2.24) is 10.2 Å². The van der Waals surface area contributed by atoms with Gasteiger partial charge in [0.2, 0.25) is 0 Å². The number of benzene rings is 1. The molecule has 1 heterocycles. The molecule has 0 aliphatic carbocycles. The number of nitrogens with zero attached hydrogens (tertiary/aromatic N) is 1. The van der Waals surface area contributed by atoms with E-state index in [4.69, 9.17) is 4.74 Å². The minimum absolute atomic E-state index is 0.145. The third kappa shape index (κ3) is 5.66. The maximum absolute atomic E-state index is 12.0. The second-order valence-corrected chi connectivity index (χ2v) is 6.13. The van der Waals surface area contributed by atoms with Gasteiger partial charge in [-0.05, 0) is 24.5 Å². The van der Waals surface area contributed by atoms with Crippen LogP contribution in [0.1, 0.15) is 20.3 Å². The molecule has 122 valence electrons. The highest BCUT2D eigenvalue weighted by atomic mass is 16.5. The number of morpholine rings is 1. The Labute approximate surface area is 133 Å². The summed E-state index contributed by atoms with van der Waals surface area (Å²) in [6.45, 7) is 8.56. The highest BCUT2D eigenvalue weighted by Gasteiger charge is 2.22. The predicted octanol–water partition coefficient (Wildman–Crippen LogP) is 2.56. The molecule has 0 saturated carbocycles. The number of amides is 2. The van der Waals surface area contributed by atoms with Crippen LogP contribution in [0.3, 0.4) is 0 Å². The fraction of sp³-hybridized carbons (Fsp3) is 0.588. The van der Waals surface area contributed by atoms with Crippen LogP contribution in [0.2, 0.25) is 0 Å². The number of nitrogens with one attached hydrogen (secondary N) is 2. The van der Waals surface area contributed by atoms with Crippen molar-refractivity contribution in [3.05, 3.63) is 30.3 Å². The average molecular weight is 305 g/mol. The molecule has 1 saturated heterocycles. The summed E-state index contributed by atoms with van der Waals surface area (Å²) in [6.07, 6.45) is 1.08. The van der Waals surface area contributed by atoms with Crippen LogP contribution >= 0.6 is 0 Å². The van der Waals surface area contributed by atoms with E-state index in [0.717, 1.165) is 38.4 Å². The monoisotopic (exact) mass is 305 g/mol. The molecule has 0 unspecified atom stereocenters. The van der Waals surface area contributed by atoms with Crippen molar-refractivity contribution >= 4 is 11.7 Å². The number of urea groups is 1. The largest absolute Gasteiger partial charge is 0.379 e. The molecule has 5 nitrogen and oxygen atoms in total. The Bertz CT molecular complexity index is 444. The third-order valence-electron chi connectivity index (χ3n) is 3.84. The number of hydrogen-bond acceptors (Lipinski definition) is 3. The Morgan fingerprint density at radius 3 is 2.55 bits per heavy atom. The topological polar surface area (TPSA) is 53.6 Å². The highest BCUT2D eigenvalue weighted by molar-refractivity contribution is 5.89. The Kier molecular flexibility index (Phi) is 6.68. The van der Waals surface area contributed by atoms with Crippen LogP contribution in [0, 0.1) is 5.92 Å². The third-order valence-corrected chi connectivity index (χ3v) is 3.84. The summed E-state index contributed by atoms with van der Waals surface area (Å²) in [5.74, 6) is 0.604. The van der Waals surface area contributed by atoms with E-state index >= 15 is 0 Å². The lowest BCUT2D eigenvalue weighted by atomic mass is 10.0. The summed E-state index contributed by atoms with van der Waals surface area (Å²) in [5.41, 5.74) is 0.812. The predicted molar refractivity (Wildman–Crippen MR) is 89.1 cm³/mol. The molecule has 1 aliphatic rings. The van der Waals surface area contributed by atoms with Gasteiger partial charge in [0.1, 0.15) is 0 Å². The number of rotatable bonds is 6. The quantitative estimate of drug-likeness (QED) is 0.849. The van der Waals surface area contributed by atoms with E-state index in [2.05, 4.69) is 29.4 Å². The molecular weight excluding hydrogens is 278 g/mol. The maximum atomic E-state index is 12.0. The van der Waals surface area contributed by atoms with Gasteiger partial charge in [0.25, 0.3) is 0 Å². The summed E-state index contributed by atoms with van der Waals surface area (Å²) < 4.78 is 5.42. The van der Waals surface area contributed by atoms with E-state index in [1.165, 1.54) is 0 Å². The van der Waals surface area contributed by atoms with Crippen LogP contribution in [0.25, 0.3) is 0 Å². The Balaban J connectivity index is 1.83. The van der Waals surface area contributed by atoms with Gasteiger partial charge in [0, 0.05) is 31.4 Å². The fourth-order valence-electron chi connectivity index (χ4n) is 2.76. The molecule has 2 amide bonds. The van der Waals surface area contributed by atoms with Gasteiger partial charge >= 0.3 is 6.03 Å². The first-order valence-corrected chi connectivity index (χ1v) is 8.07. The van der Waals surface area contributed by atoms with E-state index in [9.17, 15) is 4.79 Å². The first kappa shape index (κ1) is 16.8. The molecule has 0 radical (unpaired) electrons. The van der Waals surface area contributed by atoms with Gasteiger partial charge in [-0.1, -0.05) is 32.0 Å². The van der Waals surface area contributed by atoms with Crippen LogP contribution in [0.15, 0.2) is 30.3 Å². The molecule has 2 N–H and O–H groups in total.